The van der Waals surface area contributed by atoms with E-state index in [0.717, 1.165) is 5.56 Å². The zero-order valence-electron chi connectivity index (χ0n) is 11.1. The lowest BCUT2D eigenvalue weighted by Gasteiger charge is -2.09. The number of nitrogens with one attached hydrogen (secondary N) is 1. The second-order valence-corrected chi connectivity index (χ2v) is 4.24. The number of ketones is 1. The monoisotopic (exact) mass is 269 g/mol. The van der Waals surface area contributed by atoms with Crippen molar-refractivity contribution in [3.8, 4) is 5.75 Å². The molecule has 0 aliphatic heterocycles. The number of ether oxygens (including phenoxy) is 1. The van der Waals surface area contributed by atoms with Crippen LogP contribution >= 0.6 is 0 Å². The molecule has 4 nitrogen and oxygen atoms in total. The predicted octanol–water partition coefficient (Wildman–Crippen LogP) is 2.45. The van der Waals surface area contributed by atoms with Gasteiger partial charge in [-0.1, -0.05) is 42.5 Å². The van der Waals surface area contributed by atoms with Gasteiger partial charge < -0.3 is 10.1 Å². The molecular formula is C16H15NO3. The fourth-order valence-electron chi connectivity index (χ4n) is 1.80. The van der Waals surface area contributed by atoms with Gasteiger partial charge in [0, 0.05) is 6.42 Å². The quantitative estimate of drug-likeness (QED) is 0.848. The zero-order chi connectivity index (χ0) is 14.4. The number of hydrogen-bond acceptors (Lipinski definition) is 3. The molecule has 2 rings (SSSR count). The van der Waals surface area contributed by atoms with Crippen LogP contribution in [0.5, 0.6) is 5.75 Å². The Bertz CT molecular complexity index is 608. The number of carbonyl (C=O) groups excluding carboxylic acids is 2. The van der Waals surface area contributed by atoms with Crippen LogP contribution in [-0.2, 0) is 16.0 Å². The first-order chi connectivity index (χ1) is 9.70. The maximum Gasteiger partial charge on any atom is 0.292 e. The number of carbonyl (C=O) groups is 2. The standard InChI is InChI=1S/C16H15NO3/c1-20-15-10-6-5-9-13(15)17-16(19)14(18)11-12-7-3-2-4-8-12/h2-10H,11H2,1H3,(H,17,19). The molecule has 2 aromatic rings. The van der Waals surface area contributed by atoms with Gasteiger partial charge in [0.2, 0.25) is 5.78 Å². The first kappa shape index (κ1) is 13.8. The second kappa shape index (κ2) is 6.52. The van der Waals surface area contributed by atoms with Gasteiger partial charge in [-0.25, -0.2) is 0 Å². The van der Waals surface area contributed by atoms with Crippen molar-refractivity contribution in [2.45, 2.75) is 6.42 Å². The molecule has 0 radical (unpaired) electrons. The molecule has 0 aromatic heterocycles. The summed E-state index contributed by atoms with van der Waals surface area (Å²) in [5.74, 6) is -0.603. The van der Waals surface area contributed by atoms with Crippen LogP contribution in [0.25, 0.3) is 0 Å². The number of amides is 1. The summed E-state index contributed by atoms with van der Waals surface area (Å²) in [6.07, 6.45) is 0.0851. The van der Waals surface area contributed by atoms with E-state index >= 15 is 0 Å². The lowest BCUT2D eigenvalue weighted by Crippen LogP contribution is -2.24. The number of anilines is 1. The maximum atomic E-state index is 11.9. The summed E-state index contributed by atoms with van der Waals surface area (Å²) in [4.78, 5) is 23.7. The van der Waals surface area contributed by atoms with Crippen LogP contribution in [0.15, 0.2) is 54.6 Å². The minimum atomic E-state index is -0.640. The summed E-state index contributed by atoms with van der Waals surface area (Å²) in [5, 5.41) is 2.57. The van der Waals surface area contributed by atoms with Crippen molar-refractivity contribution in [1.82, 2.24) is 0 Å². The van der Waals surface area contributed by atoms with Gasteiger partial charge in [-0.05, 0) is 17.7 Å². The number of hydrogen-bond donors (Lipinski definition) is 1. The Morgan fingerprint density at radius 3 is 2.35 bits per heavy atom. The van der Waals surface area contributed by atoms with Crippen LogP contribution in [0.2, 0.25) is 0 Å². The van der Waals surface area contributed by atoms with Gasteiger partial charge in [0.1, 0.15) is 5.75 Å². The number of para-hydroxylation sites is 2. The van der Waals surface area contributed by atoms with Crippen molar-refractivity contribution in [3.05, 3.63) is 60.2 Å². The molecule has 0 saturated carbocycles. The Morgan fingerprint density at radius 1 is 1.00 bits per heavy atom. The first-order valence-electron chi connectivity index (χ1n) is 6.22. The topological polar surface area (TPSA) is 55.4 Å². The highest BCUT2D eigenvalue weighted by Gasteiger charge is 2.15. The fraction of sp³-hybridized carbons (Fsp3) is 0.125. The largest absolute Gasteiger partial charge is 0.495 e. The molecule has 0 fully saturated rings. The number of rotatable bonds is 5. The number of Topliss-reactive ketones (excluding diaryl/α,β-unsaturated/α-hetero) is 1. The van der Waals surface area contributed by atoms with Gasteiger partial charge in [0.05, 0.1) is 12.8 Å². The van der Waals surface area contributed by atoms with E-state index in [0.29, 0.717) is 11.4 Å². The third-order valence-electron chi connectivity index (χ3n) is 2.82. The van der Waals surface area contributed by atoms with Crippen LogP contribution in [0.1, 0.15) is 5.56 Å². The van der Waals surface area contributed by atoms with Gasteiger partial charge in [-0.3, -0.25) is 9.59 Å². The van der Waals surface area contributed by atoms with Crippen LogP contribution in [-0.4, -0.2) is 18.8 Å². The van der Waals surface area contributed by atoms with Gasteiger partial charge >= 0.3 is 0 Å². The third-order valence-corrected chi connectivity index (χ3v) is 2.82. The molecule has 1 amide bonds. The van der Waals surface area contributed by atoms with Crippen molar-refractivity contribution in [3.63, 3.8) is 0 Å². The molecular weight excluding hydrogens is 254 g/mol. The number of methoxy groups -OCH3 is 1. The van der Waals surface area contributed by atoms with Crippen molar-refractivity contribution in [2.75, 3.05) is 12.4 Å². The molecule has 0 bridgehead atoms. The molecule has 1 N–H and O–H groups in total. The Labute approximate surface area is 117 Å². The molecule has 0 atom stereocenters. The van der Waals surface area contributed by atoms with Crippen molar-refractivity contribution >= 4 is 17.4 Å². The Kier molecular flexibility index (Phi) is 4.50. The highest BCUT2D eigenvalue weighted by Crippen LogP contribution is 2.22. The Hall–Kier alpha value is -2.62. The summed E-state index contributed by atoms with van der Waals surface area (Å²) < 4.78 is 5.12. The van der Waals surface area contributed by atoms with E-state index in [9.17, 15) is 9.59 Å². The molecule has 20 heavy (non-hydrogen) atoms. The SMILES string of the molecule is COc1ccccc1NC(=O)C(=O)Cc1ccccc1. The third kappa shape index (κ3) is 3.45. The second-order valence-electron chi connectivity index (χ2n) is 4.24. The lowest BCUT2D eigenvalue weighted by atomic mass is 10.1. The molecule has 0 spiro atoms. The highest BCUT2D eigenvalue weighted by atomic mass is 16.5. The summed E-state index contributed by atoms with van der Waals surface area (Å²) in [7, 11) is 1.51. The molecule has 2 aromatic carbocycles. The van der Waals surface area contributed by atoms with E-state index in [2.05, 4.69) is 5.32 Å². The summed E-state index contributed by atoms with van der Waals surface area (Å²) in [6.45, 7) is 0. The first-order valence-corrected chi connectivity index (χ1v) is 6.22. The summed E-state index contributed by atoms with van der Waals surface area (Å²) >= 11 is 0. The van der Waals surface area contributed by atoms with Crippen molar-refractivity contribution in [1.29, 1.82) is 0 Å². The van der Waals surface area contributed by atoms with E-state index in [1.807, 2.05) is 30.3 Å². The molecule has 4 heteroatoms. The van der Waals surface area contributed by atoms with Crippen LogP contribution in [0, 0.1) is 0 Å². The van der Waals surface area contributed by atoms with E-state index in [4.69, 9.17) is 4.74 Å². The molecule has 0 aliphatic rings. The summed E-state index contributed by atoms with van der Waals surface area (Å²) in [5.41, 5.74) is 1.30. The normalized spacial score (nSPS) is 9.85. The van der Waals surface area contributed by atoms with Gasteiger partial charge in [0.25, 0.3) is 5.91 Å². The van der Waals surface area contributed by atoms with E-state index in [-0.39, 0.29) is 6.42 Å². The number of benzene rings is 2. The fourth-order valence-corrected chi connectivity index (χ4v) is 1.80. The van der Waals surface area contributed by atoms with Crippen molar-refractivity contribution < 1.29 is 14.3 Å². The molecule has 0 unspecified atom stereocenters. The molecule has 0 saturated heterocycles. The lowest BCUT2D eigenvalue weighted by molar-refractivity contribution is -0.134. The Morgan fingerprint density at radius 2 is 1.65 bits per heavy atom. The Balaban J connectivity index is 2.03. The minimum absolute atomic E-state index is 0.0851. The molecule has 102 valence electrons. The van der Waals surface area contributed by atoms with E-state index < -0.39 is 11.7 Å². The van der Waals surface area contributed by atoms with E-state index in [1.54, 1.807) is 24.3 Å². The minimum Gasteiger partial charge on any atom is -0.495 e. The van der Waals surface area contributed by atoms with Crippen LogP contribution in [0.4, 0.5) is 5.69 Å². The molecule has 0 aliphatic carbocycles. The van der Waals surface area contributed by atoms with Crippen LogP contribution in [0.3, 0.4) is 0 Å². The van der Waals surface area contributed by atoms with E-state index in [1.165, 1.54) is 7.11 Å². The maximum absolute atomic E-state index is 11.9. The predicted molar refractivity (Wildman–Crippen MR) is 76.8 cm³/mol. The average Bonchev–Trinajstić information content (AvgIpc) is 2.48. The zero-order valence-corrected chi connectivity index (χ0v) is 11.1. The van der Waals surface area contributed by atoms with Gasteiger partial charge in [0.15, 0.2) is 0 Å². The van der Waals surface area contributed by atoms with Gasteiger partial charge in [-0.15, -0.1) is 0 Å². The van der Waals surface area contributed by atoms with Crippen molar-refractivity contribution in [2.24, 2.45) is 0 Å². The van der Waals surface area contributed by atoms with Gasteiger partial charge in [-0.2, -0.15) is 0 Å². The van der Waals surface area contributed by atoms with Crippen LogP contribution < -0.4 is 10.1 Å². The summed E-state index contributed by atoms with van der Waals surface area (Å²) in [6, 6.07) is 16.1. The highest BCUT2D eigenvalue weighted by molar-refractivity contribution is 6.41. The molecule has 0 heterocycles. The average molecular weight is 269 g/mol. The smallest absolute Gasteiger partial charge is 0.292 e.